The van der Waals surface area contributed by atoms with Gasteiger partial charge >= 0.3 is 0 Å². The monoisotopic (exact) mass is 250 g/mol. The summed E-state index contributed by atoms with van der Waals surface area (Å²) >= 11 is 5.33. The zero-order chi connectivity index (χ0) is 12.3. The van der Waals surface area contributed by atoms with Gasteiger partial charge < -0.3 is 14.5 Å². The van der Waals surface area contributed by atoms with Crippen LogP contribution in [0.4, 0.5) is 0 Å². The Bertz CT molecular complexity index is 539. The summed E-state index contributed by atoms with van der Waals surface area (Å²) in [6, 6.07) is 3.92. The van der Waals surface area contributed by atoms with Crippen molar-refractivity contribution in [2.45, 2.75) is 20.4 Å². The fourth-order valence-electron chi connectivity index (χ4n) is 1.98. The molecule has 0 amide bonds. The van der Waals surface area contributed by atoms with Crippen LogP contribution in [0, 0.1) is 4.77 Å². The predicted octanol–water partition coefficient (Wildman–Crippen LogP) is 2.44. The number of H-pyrrole nitrogens is 1. The minimum absolute atomic E-state index is 0.755. The molecule has 92 valence electrons. The predicted molar refractivity (Wildman–Crippen MR) is 72.7 cm³/mol. The number of aromatic amines is 1. The lowest BCUT2D eigenvalue weighted by molar-refractivity contribution is 0.291. The molecule has 4 nitrogen and oxygen atoms in total. The first-order valence-corrected chi connectivity index (χ1v) is 6.43. The standard InChI is InChI=1S/C12H18N4S/c1-3-15(4-2)8-9-16-11-10(14-12(16)17)6-5-7-13-11/h5-7H,3-4,8-9H2,1-2H3,(H,14,17). The molecule has 0 aliphatic carbocycles. The molecule has 5 heteroatoms. The van der Waals surface area contributed by atoms with E-state index in [2.05, 4.69) is 33.3 Å². The molecule has 0 aliphatic rings. The van der Waals surface area contributed by atoms with E-state index in [1.165, 1.54) is 0 Å². The van der Waals surface area contributed by atoms with Crippen molar-refractivity contribution in [2.75, 3.05) is 19.6 Å². The van der Waals surface area contributed by atoms with Gasteiger partial charge in [0.15, 0.2) is 10.4 Å². The molecule has 0 fully saturated rings. The Morgan fingerprint density at radius 3 is 2.88 bits per heavy atom. The second-order valence-electron chi connectivity index (χ2n) is 3.98. The molecular formula is C12H18N4S. The molecule has 0 spiro atoms. The van der Waals surface area contributed by atoms with E-state index in [1.54, 1.807) is 6.20 Å². The summed E-state index contributed by atoms with van der Waals surface area (Å²) in [4.78, 5) is 9.94. The van der Waals surface area contributed by atoms with E-state index >= 15 is 0 Å². The van der Waals surface area contributed by atoms with Crippen LogP contribution in [0.25, 0.3) is 11.2 Å². The van der Waals surface area contributed by atoms with Crippen molar-refractivity contribution in [3.8, 4) is 0 Å². The topological polar surface area (TPSA) is 36.9 Å². The van der Waals surface area contributed by atoms with Crippen molar-refractivity contribution in [3.63, 3.8) is 0 Å². The van der Waals surface area contributed by atoms with Crippen molar-refractivity contribution in [2.24, 2.45) is 0 Å². The first-order chi connectivity index (χ1) is 8.26. The summed E-state index contributed by atoms with van der Waals surface area (Å²) in [5, 5.41) is 0. The first-order valence-electron chi connectivity index (χ1n) is 6.02. The fourth-order valence-corrected chi connectivity index (χ4v) is 2.26. The van der Waals surface area contributed by atoms with E-state index < -0.39 is 0 Å². The van der Waals surface area contributed by atoms with Gasteiger partial charge in [-0.1, -0.05) is 13.8 Å². The number of aromatic nitrogens is 3. The molecule has 2 heterocycles. The number of nitrogens with zero attached hydrogens (tertiary/aromatic N) is 3. The lowest BCUT2D eigenvalue weighted by Crippen LogP contribution is -2.27. The van der Waals surface area contributed by atoms with Gasteiger partial charge in [0.1, 0.15) is 0 Å². The summed E-state index contributed by atoms with van der Waals surface area (Å²) in [7, 11) is 0. The van der Waals surface area contributed by atoms with Gasteiger partial charge in [0.2, 0.25) is 0 Å². The SMILES string of the molecule is CCN(CC)CCn1c(=S)[nH]c2cccnc21. The third-order valence-electron chi connectivity index (χ3n) is 3.06. The van der Waals surface area contributed by atoms with Gasteiger partial charge in [-0.25, -0.2) is 4.98 Å². The van der Waals surface area contributed by atoms with Crippen LogP contribution in [0.2, 0.25) is 0 Å². The third-order valence-corrected chi connectivity index (χ3v) is 3.39. The van der Waals surface area contributed by atoms with E-state index in [0.717, 1.165) is 42.1 Å². The van der Waals surface area contributed by atoms with Gasteiger partial charge in [-0.3, -0.25) is 0 Å². The largest absolute Gasteiger partial charge is 0.329 e. The third kappa shape index (κ3) is 2.56. The van der Waals surface area contributed by atoms with Crippen LogP contribution in [-0.2, 0) is 6.54 Å². The number of hydrogen-bond donors (Lipinski definition) is 1. The fraction of sp³-hybridized carbons (Fsp3) is 0.500. The number of rotatable bonds is 5. The van der Waals surface area contributed by atoms with Gasteiger partial charge in [-0.15, -0.1) is 0 Å². The molecule has 0 aromatic carbocycles. The lowest BCUT2D eigenvalue weighted by atomic mass is 10.4. The van der Waals surface area contributed by atoms with Crippen LogP contribution >= 0.6 is 12.2 Å². The first kappa shape index (κ1) is 12.3. The maximum Gasteiger partial charge on any atom is 0.179 e. The molecule has 0 bridgehead atoms. The Morgan fingerprint density at radius 1 is 1.41 bits per heavy atom. The molecule has 17 heavy (non-hydrogen) atoms. The van der Waals surface area contributed by atoms with Crippen LogP contribution < -0.4 is 0 Å². The van der Waals surface area contributed by atoms with Crippen molar-refractivity contribution in [3.05, 3.63) is 23.1 Å². The van der Waals surface area contributed by atoms with Gasteiger partial charge in [0, 0.05) is 19.3 Å². The highest BCUT2D eigenvalue weighted by Crippen LogP contribution is 2.10. The van der Waals surface area contributed by atoms with Gasteiger partial charge in [-0.2, -0.15) is 0 Å². The van der Waals surface area contributed by atoms with E-state index in [0.29, 0.717) is 0 Å². The summed E-state index contributed by atoms with van der Waals surface area (Å²) in [5.74, 6) is 0. The van der Waals surface area contributed by atoms with Crippen LogP contribution in [0.15, 0.2) is 18.3 Å². The maximum atomic E-state index is 5.33. The van der Waals surface area contributed by atoms with Gasteiger partial charge in [0.25, 0.3) is 0 Å². The number of fused-ring (bicyclic) bond motifs is 1. The Balaban J connectivity index is 2.23. The minimum atomic E-state index is 0.755. The summed E-state index contributed by atoms with van der Waals surface area (Å²) in [6.07, 6.45) is 1.80. The summed E-state index contributed by atoms with van der Waals surface area (Å²) in [6.45, 7) is 8.38. The Kier molecular flexibility index (Phi) is 3.91. The number of pyridine rings is 1. The minimum Gasteiger partial charge on any atom is -0.329 e. The number of likely N-dealkylation sites (N-methyl/N-ethyl adjacent to an activating group) is 1. The lowest BCUT2D eigenvalue weighted by Gasteiger charge is -2.17. The van der Waals surface area contributed by atoms with Crippen LogP contribution in [0.5, 0.6) is 0 Å². The van der Waals surface area contributed by atoms with Crippen molar-refractivity contribution in [1.82, 2.24) is 19.4 Å². The average Bonchev–Trinajstić information content (AvgIpc) is 2.67. The zero-order valence-electron chi connectivity index (χ0n) is 10.3. The molecule has 0 saturated carbocycles. The molecule has 1 N–H and O–H groups in total. The average molecular weight is 250 g/mol. The molecule has 0 atom stereocenters. The second kappa shape index (κ2) is 5.42. The van der Waals surface area contributed by atoms with E-state index in [4.69, 9.17) is 12.2 Å². The molecule has 2 aromatic heterocycles. The van der Waals surface area contributed by atoms with Gasteiger partial charge in [0.05, 0.1) is 5.52 Å². The summed E-state index contributed by atoms with van der Waals surface area (Å²) < 4.78 is 2.83. The number of imidazole rings is 1. The zero-order valence-corrected chi connectivity index (χ0v) is 11.1. The number of hydrogen-bond acceptors (Lipinski definition) is 3. The van der Waals surface area contributed by atoms with E-state index in [1.807, 2.05) is 12.1 Å². The molecule has 0 unspecified atom stereocenters. The van der Waals surface area contributed by atoms with Gasteiger partial charge in [-0.05, 0) is 37.4 Å². The van der Waals surface area contributed by atoms with Crippen molar-refractivity contribution >= 4 is 23.4 Å². The second-order valence-corrected chi connectivity index (χ2v) is 4.37. The van der Waals surface area contributed by atoms with E-state index in [-0.39, 0.29) is 0 Å². The van der Waals surface area contributed by atoms with Crippen LogP contribution in [0.1, 0.15) is 13.8 Å². The Morgan fingerprint density at radius 2 is 2.18 bits per heavy atom. The highest BCUT2D eigenvalue weighted by molar-refractivity contribution is 7.71. The molecular weight excluding hydrogens is 232 g/mol. The van der Waals surface area contributed by atoms with Crippen molar-refractivity contribution < 1.29 is 0 Å². The van der Waals surface area contributed by atoms with Crippen LogP contribution in [-0.4, -0.2) is 39.1 Å². The quantitative estimate of drug-likeness (QED) is 0.828. The smallest absolute Gasteiger partial charge is 0.179 e. The maximum absolute atomic E-state index is 5.33. The van der Waals surface area contributed by atoms with E-state index in [9.17, 15) is 0 Å². The molecule has 0 aliphatic heterocycles. The number of nitrogens with one attached hydrogen (secondary N) is 1. The highest BCUT2D eigenvalue weighted by atomic mass is 32.1. The summed E-state index contributed by atoms with van der Waals surface area (Å²) in [5.41, 5.74) is 1.96. The van der Waals surface area contributed by atoms with Crippen LogP contribution in [0.3, 0.4) is 0 Å². The normalized spacial score (nSPS) is 11.5. The molecule has 0 radical (unpaired) electrons. The van der Waals surface area contributed by atoms with Crippen molar-refractivity contribution in [1.29, 1.82) is 0 Å². The highest BCUT2D eigenvalue weighted by Gasteiger charge is 2.06. The molecule has 0 saturated heterocycles. The molecule has 2 aromatic rings. The molecule has 2 rings (SSSR count). The Hall–Kier alpha value is -1.20. The Labute approximate surface area is 106 Å².